The fourth-order valence-corrected chi connectivity index (χ4v) is 1.55. The third kappa shape index (κ3) is 6.31. The van der Waals surface area contributed by atoms with Gasteiger partial charge in [0.15, 0.2) is 0 Å². The van der Waals surface area contributed by atoms with Gasteiger partial charge >= 0.3 is 0 Å². The molecule has 0 aromatic rings. The average molecular weight is 185 g/mol. The molecule has 3 heteroatoms. The van der Waals surface area contributed by atoms with Crippen LogP contribution in [0.2, 0.25) is 0 Å². The van der Waals surface area contributed by atoms with E-state index in [9.17, 15) is 9.59 Å². The first-order valence-corrected chi connectivity index (χ1v) is 4.60. The monoisotopic (exact) mass is 185 g/mol. The van der Waals surface area contributed by atoms with Crippen LogP contribution >= 0.6 is 0 Å². The largest absolute Gasteiger partial charge is 0.349 e. The fraction of sp³-hybridized carbons (Fsp3) is 0.800. The van der Waals surface area contributed by atoms with Crippen molar-refractivity contribution in [2.24, 2.45) is 11.3 Å². The van der Waals surface area contributed by atoms with Gasteiger partial charge in [0.05, 0.1) is 0 Å². The summed E-state index contributed by atoms with van der Waals surface area (Å²) < 4.78 is 0. The number of nitrogens with one attached hydrogen (secondary N) is 1. The fourth-order valence-electron chi connectivity index (χ4n) is 1.55. The van der Waals surface area contributed by atoms with E-state index in [1.165, 1.54) is 0 Å². The first kappa shape index (κ1) is 12.1. The summed E-state index contributed by atoms with van der Waals surface area (Å²) in [6, 6.07) is 0. The Morgan fingerprint density at radius 1 is 1.46 bits per heavy atom. The Morgan fingerprint density at radius 2 is 2.00 bits per heavy atom. The molecule has 0 heterocycles. The van der Waals surface area contributed by atoms with E-state index in [-0.39, 0.29) is 5.41 Å². The lowest BCUT2D eigenvalue weighted by atomic mass is 9.84. The van der Waals surface area contributed by atoms with Crippen molar-refractivity contribution in [1.29, 1.82) is 0 Å². The molecule has 0 radical (unpaired) electrons. The van der Waals surface area contributed by atoms with E-state index >= 15 is 0 Å². The molecule has 1 N–H and O–H groups in total. The third-order valence-corrected chi connectivity index (χ3v) is 1.81. The molecular weight excluding hydrogens is 166 g/mol. The van der Waals surface area contributed by atoms with Crippen molar-refractivity contribution in [2.45, 2.75) is 34.1 Å². The number of hydrogen-bond donors (Lipinski definition) is 1. The molecule has 3 nitrogen and oxygen atoms in total. The standard InChI is InChI=1S/C10H19NO2/c1-8(2)5-10(3,4)7-11-9(13)6-12/h6,8H,5,7H2,1-4H3,(H,11,13). The summed E-state index contributed by atoms with van der Waals surface area (Å²) in [5, 5.41) is 2.57. The first-order chi connectivity index (χ1) is 5.87. The summed E-state index contributed by atoms with van der Waals surface area (Å²) in [7, 11) is 0. The number of amides is 1. The van der Waals surface area contributed by atoms with Gasteiger partial charge in [0.25, 0.3) is 5.91 Å². The highest BCUT2D eigenvalue weighted by atomic mass is 16.2. The molecule has 0 fully saturated rings. The molecule has 0 spiro atoms. The molecular formula is C10H19NO2. The van der Waals surface area contributed by atoms with Crippen molar-refractivity contribution < 1.29 is 9.59 Å². The van der Waals surface area contributed by atoms with E-state index in [0.717, 1.165) is 6.42 Å². The molecule has 1 amide bonds. The molecule has 0 aliphatic carbocycles. The summed E-state index contributed by atoms with van der Waals surface area (Å²) in [4.78, 5) is 20.7. The second-order valence-electron chi connectivity index (χ2n) is 4.60. The van der Waals surface area contributed by atoms with Crippen molar-refractivity contribution in [3.8, 4) is 0 Å². The zero-order valence-corrected chi connectivity index (χ0v) is 8.89. The molecule has 0 aromatic carbocycles. The average Bonchev–Trinajstić information content (AvgIpc) is 1.98. The maximum Gasteiger partial charge on any atom is 0.284 e. The molecule has 76 valence electrons. The summed E-state index contributed by atoms with van der Waals surface area (Å²) in [5.41, 5.74) is 0.0623. The minimum absolute atomic E-state index is 0.0623. The van der Waals surface area contributed by atoms with Gasteiger partial charge in [0.1, 0.15) is 0 Å². The zero-order valence-electron chi connectivity index (χ0n) is 8.89. The lowest BCUT2D eigenvalue weighted by molar-refractivity contribution is -0.131. The van der Waals surface area contributed by atoms with Gasteiger partial charge in [-0.05, 0) is 17.8 Å². The van der Waals surface area contributed by atoms with Gasteiger partial charge in [-0.25, -0.2) is 0 Å². The van der Waals surface area contributed by atoms with Crippen molar-refractivity contribution in [3.63, 3.8) is 0 Å². The summed E-state index contributed by atoms with van der Waals surface area (Å²) in [6.07, 6.45) is 1.34. The number of aldehydes is 1. The second kappa shape index (κ2) is 5.00. The van der Waals surface area contributed by atoms with Gasteiger partial charge in [-0.3, -0.25) is 9.59 Å². The Balaban J connectivity index is 3.88. The first-order valence-electron chi connectivity index (χ1n) is 4.60. The van der Waals surface area contributed by atoms with Crippen LogP contribution in [-0.4, -0.2) is 18.7 Å². The lowest BCUT2D eigenvalue weighted by Gasteiger charge is -2.26. The number of rotatable bonds is 5. The summed E-state index contributed by atoms with van der Waals surface area (Å²) in [6.45, 7) is 9.01. The van der Waals surface area contributed by atoms with E-state index in [4.69, 9.17) is 0 Å². The highest BCUT2D eigenvalue weighted by molar-refractivity contribution is 6.23. The predicted molar refractivity (Wildman–Crippen MR) is 52.3 cm³/mol. The summed E-state index contributed by atoms with van der Waals surface area (Å²) in [5.74, 6) is 0.0694. The van der Waals surface area contributed by atoms with Gasteiger partial charge < -0.3 is 5.32 Å². The number of carbonyl (C=O) groups excluding carboxylic acids is 2. The van der Waals surface area contributed by atoms with Crippen LogP contribution in [0.5, 0.6) is 0 Å². The number of carbonyl (C=O) groups is 2. The Bertz CT molecular complexity index is 185. The van der Waals surface area contributed by atoms with E-state index < -0.39 is 5.91 Å². The zero-order chi connectivity index (χ0) is 10.5. The van der Waals surface area contributed by atoms with E-state index in [1.54, 1.807) is 0 Å². The highest BCUT2D eigenvalue weighted by Gasteiger charge is 2.19. The van der Waals surface area contributed by atoms with Crippen LogP contribution in [0.25, 0.3) is 0 Å². The maximum atomic E-state index is 10.7. The third-order valence-electron chi connectivity index (χ3n) is 1.81. The molecule has 0 saturated heterocycles. The van der Waals surface area contributed by atoms with Crippen LogP contribution in [0.1, 0.15) is 34.1 Å². The normalized spacial score (nSPS) is 11.5. The SMILES string of the molecule is CC(C)CC(C)(C)CNC(=O)C=O. The Labute approximate surface area is 79.9 Å². The van der Waals surface area contributed by atoms with Crippen LogP contribution in [0.3, 0.4) is 0 Å². The molecule has 0 bridgehead atoms. The van der Waals surface area contributed by atoms with Crippen molar-refractivity contribution in [2.75, 3.05) is 6.54 Å². The van der Waals surface area contributed by atoms with Crippen LogP contribution in [0.15, 0.2) is 0 Å². The van der Waals surface area contributed by atoms with Crippen LogP contribution in [0, 0.1) is 11.3 Å². The molecule has 0 saturated carbocycles. The van der Waals surface area contributed by atoms with E-state index in [2.05, 4.69) is 33.0 Å². The Hall–Kier alpha value is -0.860. The highest BCUT2D eigenvalue weighted by Crippen LogP contribution is 2.23. The molecule has 0 aliphatic rings. The van der Waals surface area contributed by atoms with Gasteiger partial charge in [-0.1, -0.05) is 27.7 Å². The van der Waals surface area contributed by atoms with Gasteiger partial charge in [0, 0.05) is 6.54 Å². The number of hydrogen-bond acceptors (Lipinski definition) is 2. The van der Waals surface area contributed by atoms with Crippen molar-refractivity contribution >= 4 is 12.2 Å². The van der Waals surface area contributed by atoms with Crippen molar-refractivity contribution in [1.82, 2.24) is 5.32 Å². The minimum Gasteiger partial charge on any atom is -0.349 e. The van der Waals surface area contributed by atoms with Gasteiger partial charge in [-0.2, -0.15) is 0 Å². The smallest absolute Gasteiger partial charge is 0.284 e. The molecule has 0 unspecified atom stereocenters. The van der Waals surface area contributed by atoms with E-state index in [1.807, 2.05) is 0 Å². The van der Waals surface area contributed by atoms with E-state index in [0.29, 0.717) is 18.7 Å². The van der Waals surface area contributed by atoms with Crippen LogP contribution < -0.4 is 5.32 Å². The van der Waals surface area contributed by atoms with Gasteiger partial charge in [0.2, 0.25) is 6.29 Å². The topological polar surface area (TPSA) is 46.2 Å². The van der Waals surface area contributed by atoms with Crippen LogP contribution in [-0.2, 0) is 9.59 Å². The second-order valence-corrected chi connectivity index (χ2v) is 4.60. The van der Waals surface area contributed by atoms with Crippen LogP contribution in [0.4, 0.5) is 0 Å². The molecule has 0 rings (SSSR count). The molecule has 0 aliphatic heterocycles. The van der Waals surface area contributed by atoms with Gasteiger partial charge in [-0.15, -0.1) is 0 Å². The molecule has 0 aromatic heterocycles. The molecule has 0 atom stereocenters. The summed E-state index contributed by atoms with van der Waals surface area (Å²) >= 11 is 0. The quantitative estimate of drug-likeness (QED) is 0.519. The predicted octanol–water partition coefficient (Wildman–Crippen LogP) is 1.37. The Morgan fingerprint density at radius 3 is 2.38 bits per heavy atom. The van der Waals surface area contributed by atoms with Crippen molar-refractivity contribution in [3.05, 3.63) is 0 Å². The maximum absolute atomic E-state index is 10.7. The molecule has 13 heavy (non-hydrogen) atoms. The lowest BCUT2D eigenvalue weighted by Crippen LogP contribution is -2.35. The Kier molecular flexibility index (Phi) is 4.67. The minimum atomic E-state index is -0.531.